The van der Waals surface area contributed by atoms with E-state index in [4.69, 9.17) is 0 Å². The van der Waals surface area contributed by atoms with Crippen LogP contribution in [0.1, 0.15) is 85.5 Å². The quantitative estimate of drug-likeness (QED) is 0.472. The van der Waals surface area contributed by atoms with E-state index < -0.39 is 20.3 Å². The molecule has 0 spiro atoms. The van der Waals surface area contributed by atoms with Crippen molar-refractivity contribution in [2.24, 2.45) is 23.7 Å². The van der Waals surface area contributed by atoms with Crippen molar-refractivity contribution in [3.8, 4) is 0 Å². The van der Waals surface area contributed by atoms with Gasteiger partial charge in [-0.15, -0.1) is 0 Å². The zero-order chi connectivity index (χ0) is 20.9. The van der Waals surface area contributed by atoms with Crippen LogP contribution in [0.3, 0.4) is 0 Å². The van der Waals surface area contributed by atoms with E-state index in [0.29, 0.717) is 0 Å². The van der Waals surface area contributed by atoms with Crippen LogP contribution in [0, 0.1) is 23.7 Å². The van der Waals surface area contributed by atoms with Gasteiger partial charge in [-0.1, -0.05) is 0 Å². The molecule has 1 saturated heterocycles. The average Bonchev–Trinajstić information content (AvgIpc) is 3.38. The number of hydrogen-bond donors (Lipinski definition) is 0. The number of allylic oxidation sites excluding steroid dienone is 8. The first-order chi connectivity index (χ1) is 14.7. The van der Waals surface area contributed by atoms with E-state index in [1.165, 1.54) is 38.5 Å². The molecule has 4 aliphatic carbocycles. The largest absolute Gasteiger partial charge is 1.00 e. The molecular formula is C29H44Cl2Zr. The van der Waals surface area contributed by atoms with E-state index in [9.17, 15) is 0 Å². The van der Waals surface area contributed by atoms with Gasteiger partial charge in [0.2, 0.25) is 0 Å². The van der Waals surface area contributed by atoms with Gasteiger partial charge in [-0.05, 0) is 0 Å². The summed E-state index contributed by atoms with van der Waals surface area (Å²) in [6, 6.07) is 0. The molecule has 5 rings (SSSR count). The van der Waals surface area contributed by atoms with Gasteiger partial charge in [-0.25, -0.2) is 0 Å². The normalized spacial score (nSPS) is 35.9. The fourth-order valence-electron chi connectivity index (χ4n) is 9.12. The van der Waals surface area contributed by atoms with Crippen LogP contribution in [-0.2, 0) is 20.3 Å². The van der Waals surface area contributed by atoms with Crippen molar-refractivity contribution in [3.63, 3.8) is 0 Å². The molecule has 6 unspecified atom stereocenters. The maximum absolute atomic E-state index is 2.59. The molecule has 0 aromatic carbocycles. The average molecular weight is 555 g/mol. The molecular weight excluding hydrogens is 510 g/mol. The molecule has 0 aromatic rings. The first kappa shape index (κ1) is 27.0. The van der Waals surface area contributed by atoms with Crippen LogP contribution < -0.4 is 24.8 Å². The molecule has 2 saturated carbocycles. The minimum absolute atomic E-state index is 0. The second kappa shape index (κ2) is 11.0. The molecule has 0 N–H and O–H groups in total. The molecule has 0 amide bonds. The molecule has 32 heavy (non-hydrogen) atoms. The zero-order valence-corrected chi connectivity index (χ0v) is 24.8. The Kier molecular flexibility index (Phi) is 9.29. The van der Waals surface area contributed by atoms with Crippen LogP contribution in [-0.4, -0.2) is 0 Å². The second-order valence-corrected chi connectivity index (χ2v) is 23.3. The van der Waals surface area contributed by atoms with Crippen molar-refractivity contribution < 1.29 is 45.1 Å². The fraction of sp³-hybridized carbons (Fsp3) is 0.724. The summed E-state index contributed by atoms with van der Waals surface area (Å²) in [7, 11) is 0. The van der Waals surface area contributed by atoms with E-state index >= 15 is 0 Å². The van der Waals surface area contributed by atoms with E-state index in [0.717, 1.165) is 30.9 Å². The Balaban J connectivity index is 0.00000144. The molecule has 0 nitrogen and oxygen atoms in total. The Bertz CT molecular complexity index is 738. The minimum Gasteiger partial charge on any atom is -1.00 e. The van der Waals surface area contributed by atoms with E-state index in [1.54, 1.807) is 38.7 Å². The molecule has 178 valence electrons. The smallest absolute Gasteiger partial charge is 1.00 e. The van der Waals surface area contributed by atoms with Crippen LogP contribution in [0.2, 0.25) is 15.5 Å². The third-order valence-corrected chi connectivity index (χ3v) is 27.3. The Morgan fingerprint density at radius 1 is 0.594 bits per heavy atom. The van der Waals surface area contributed by atoms with Crippen LogP contribution in [0.25, 0.3) is 0 Å². The monoisotopic (exact) mass is 552 g/mol. The van der Waals surface area contributed by atoms with Gasteiger partial charge in [-0.3, -0.25) is 0 Å². The van der Waals surface area contributed by atoms with Crippen molar-refractivity contribution in [2.75, 3.05) is 0 Å². The summed E-state index contributed by atoms with van der Waals surface area (Å²) in [5.41, 5.74) is 7.29. The summed E-state index contributed by atoms with van der Waals surface area (Å²) in [6.45, 7) is 9.69. The molecule has 1 heterocycles. The van der Waals surface area contributed by atoms with Gasteiger partial charge in [0.05, 0.1) is 0 Å². The third kappa shape index (κ3) is 4.07. The molecule has 3 fully saturated rings. The number of rotatable bonds is 6. The minimum atomic E-state index is -2.19. The molecule has 0 radical (unpaired) electrons. The molecule has 0 bridgehead atoms. The van der Waals surface area contributed by atoms with Crippen molar-refractivity contribution in [3.05, 3.63) is 46.6 Å². The van der Waals surface area contributed by atoms with E-state index in [-0.39, 0.29) is 24.8 Å². The zero-order valence-electron chi connectivity index (χ0n) is 20.8. The van der Waals surface area contributed by atoms with Crippen molar-refractivity contribution in [2.45, 2.75) is 101 Å². The summed E-state index contributed by atoms with van der Waals surface area (Å²) < 4.78 is 5.80. The Morgan fingerprint density at radius 2 is 0.969 bits per heavy atom. The van der Waals surface area contributed by atoms with Gasteiger partial charge in [0.25, 0.3) is 0 Å². The number of hydrogen-bond acceptors (Lipinski definition) is 0. The van der Waals surface area contributed by atoms with Crippen LogP contribution >= 0.6 is 0 Å². The van der Waals surface area contributed by atoms with Crippen molar-refractivity contribution >= 4 is 0 Å². The third-order valence-electron chi connectivity index (χ3n) is 10.5. The molecule has 6 atom stereocenters. The fourth-order valence-corrected chi connectivity index (χ4v) is 26.3. The van der Waals surface area contributed by atoms with Gasteiger partial charge in [0, 0.05) is 0 Å². The first-order valence-corrected chi connectivity index (χ1v) is 19.8. The number of halogens is 2. The predicted octanol–water partition coefficient (Wildman–Crippen LogP) is 3.39. The van der Waals surface area contributed by atoms with Crippen LogP contribution in [0.5, 0.6) is 0 Å². The standard InChI is InChI=1S/2C13H19.C3H6.2ClH.Zr/c2*1-3-10-8-9-11(4-2)13-7-5-6-12(10)13;1-3-2;;;/h2*6,8-9,12-13H,3-5,7H2,1-2H3;1-3H2;2*1H;/q;;;;;+2/p-2. The van der Waals surface area contributed by atoms with Crippen LogP contribution in [0.4, 0.5) is 0 Å². The van der Waals surface area contributed by atoms with Gasteiger partial charge < -0.3 is 24.8 Å². The summed E-state index contributed by atoms with van der Waals surface area (Å²) >= 11 is -2.19. The summed E-state index contributed by atoms with van der Waals surface area (Å²) in [6.07, 6.45) is 23.2. The number of fused-ring (bicyclic) bond motifs is 2. The Hall–Kier alpha value is 0.423. The summed E-state index contributed by atoms with van der Waals surface area (Å²) in [5.74, 6) is 3.77. The predicted molar refractivity (Wildman–Crippen MR) is 128 cm³/mol. The summed E-state index contributed by atoms with van der Waals surface area (Å²) in [5, 5.41) is 0. The van der Waals surface area contributed by atoms with Crippen molar-refractivity contribution in [1.29, 1.82) is 0 Å². The van der Waals surface area contributed by atoms with Gasteiger partial charge in [-0.2, -0.15) is 0 Å². The van der Waals surface area contributed by atoms with Crippen molar-refractivity contribution in [1.82, 2.24) is 0 Å². The molecule has 3 heteroatoms. The Morgan fingerprint density at radius 3 is 1.28 bits per heavy atom. The summed E-state index contributed by atoms with van der Waals surface area (Å²) in [4.78, 5) is 0. The first-order valence-electron chi connectivity index (χ1n) is 13.5. The van der Waals surface area contributed by atoms with Gasteiger partial charge >= 0.3 is 192 Å². The second-order valence-electron chi connectivity index (χ2n) is 11.1. The topological polar surface area (TPSA) is 0 Å². The van der Waals surface area contributed by atoms with Crippen LogP contribution in [0.15, 0.2) is 46.6 Å². The van der Waals surface area contributed by atoms with Gasteiger partial charge in [0.15, 0.2) is 0 Å². The van der Waals surface area contributed by atoms with E-state index in [2.05, 4.69) is 52.0 Å². The SMILES string of the molecule is CCC1=CC=C(CC)C2C1CC[CH]2[Zr+2]1([CH]2CCC3C(CC)=CC=C(CC)C32)[CH2]C[CH2]1.[Cl-].[Cl-]. The van der Waals surface area contributed by atoms with E-state index in [1.807, 2.05) is 11.1 Å². The maximum Gasteiger partial charge on any atom is -1.00 e. The maximum atomic E-state index is 2.59. The Labute approximate surface area is 215 Å². The molecule has 5 aliphatic rings. The molecule has 1 aliphatic heterocycles. The van der Waals surface area contributed by atoms with Gasteiger partial charge in [0.1, 0.15) is 0 Å². The molecule has 0 aromatic heterocycles.